The van der Waals surface area contributed by atoms with Crippen molar-refractivity contribution in [2.24, 2.45) is 0 Å². The van der Waals surface area contributed by atoms with Crippen LogP contribution in [-0.2, 0) is 0 Å². The molecule has 0 amide bonds. The molecular formula is C13H11Cl2FN2. The Morgan fingerprint density at radius 1 is 1.17 bits per heavy atom. The van der Waals surface area contributed by atoms with Crippen molar-refractivity contribution < 1.29 is 4.39 Å². The highest BCUT2D eigenvalue weighted by molar-refractivity contribution is 6.30. The number of benzene rings is 1. The zero-order valence-electron chi connectivity index (χ0n) is 9.48. The van der Waals surface area contributed by atoms with Crippen molar-refractivity contribution in [2.75, 3.05) is 17.3 Å². The largest absolute Gasteiger partial charge is 0.339 e. The van der Waals surface area contributed by atoms with Gasteiger partial charge in [-0.25, -0.2) is 4.98 Å². The standard InChI is InChI=1S/C13H11Cl2FN2/c14-6-7-18(11-3-1-2-10(15)8-11)12-4-5-13(16)17-9-12/h1-5,8-9H,6-7H2. The fraction of sp³-hybridized carbons (Fsp3) is 0.154. The Bertz CT molecular complexity index is 517. The Morgan fingerprint density at radius 3 is 2.61 bits per heavy atom. The zero-order chi connectivity index (χ0) is 13.0. The minimum Gasteiger partial charge on any atom is -0.339 e. The highest BCUT2D eigenvalue weighted by Gasteiger charge is 2.09. The normalized spacial score (nSPS) is 10.4. The van der Waals surface area contributed by atoms with Gasteiger partial charge in [0.1, 0.15) is 0 Å². The van der Waals surface area contributed by atoms with Gasteiger partial charge in [-0.1, -0.05) is 17.7 Å². The predicted octanol–water partition coefficient (Wildman–Crippen LogP) is 4.25. The third kappa shape index (κ3) is 3.12. The zero-order valence-corrected chi connectivity index (χ0v) is 11.0. The third-order valence-corrected chi connectivity index (χ3v) is 2.86. The van der Waals surface area contributed by atoms with Gasteiger partial charge in [0.2, 0.25) is 5.95 Å². The van der Waals surface area contributed by atoms with Crippen LogP contribution in [0, 0.1) is 5.95 Å². The van der Waals surface area contributed by atoms with Crippen LogP contribution in [0.25, 0.3) is 0 Å². The Hall–Kier alpha value is -1.32. The molecule has 2 aromatic rings. The maximum Gasteiger partial charge on any atom is 0.212 e. The lowest BCUT2D eigenvalue weighted by Gasteiger charge is -2.23. The summed E-state index contributed by atoms with van der Waals surface area (Å²) in [4.78, 5) is 5.58. The van der Waals surface area contributed by atoms with E-state index in [1.54, 1.807) is 12.1 Å². The van der Waals surface area contributed by atoms with Crippen LogP contribution in [0.2, 0.25) is 5.02 Å². The van der Waals surface area contributed by atoms with Crippen molar-refractivity contribution in [3.05, 3.63) is 53.6 Å². The van der Waals surface area contributed by atoms with Crippen LogP contribution in [0.4, 0.5) is 15.8 Å². The second-order valence-electron chi connectivity index (χ2n) is 3.66. The van der Waals surface area contributed by atoms with E-state index in [0.717, 1.165) is 11.4 Å². The molecule has 0 atom stereocenters. The molecular weight excluding hydrogens is 274 g/mol. The van der Waals surface area contributed by atoms with Crippen LogP contribution in [-0.4, -0.2) is 17.4 Å². The number of hydrogen-bond acceptors (Lipinski definition) is 2. The van der Waals surface area contributed by atoms with Crippen molar-refractivity contribution in [2.45, 2.75) is 0 Å². The van der Waals surface area contributed by atoms with E-state index in [4.69, 9.17) is 23.2 Å². The summed E-state index contributed by atoms with van der Waals surface area (Å²) in [6.45, 7) is 0.592. The molecule has 1 heterocycles. The highest BCUT2D eigenvalue weighted by Crippen LogP contribution is 2.26. The fourth-order valence-corrected chi connectivity index (χ4v) is 2.02. The summed E-state index contributed by atoms with van der Waals surface area (Å²) < 4.78 is 12.8. The number of hydrogen-bond donors (Lipinski definition) is 0. The molecule has 2 rings (SSSR count). The van der Waals surface area contributed by atoms with Crippen molar-refractivity contribution in [1.82, 2.24) is 4.98 Å². The predicted molar refractivity (Wildman–Crippen MR) is 73.4 cm³/mol. The van der Waals surface area contributed by atoms with E-state index in [9.17, 15) is 4.39 Å². The summed E-state index contributed by atoms with van der Waals surface area (Å²) in [5, 5.41) is 0.641. The van der Waals surface area contributed by atoms with E-state index in [2.05, 4.69) is 4.98 Å². The molecule has 0 aliphatic carbocycles. The van der Waals surface area contributed by atoms with Gasteiger partial charge in [-0.3, -0.25) is 0 Å². The molecule has 0 unspecified atom stereocenters. The first-order valence-corrected chi connectivity index (χ1v) is 6.32. The summed E-state index contributed by atoms with van der Waals surface area (Å²) in [7, 11) is 0. The molecule has 5 heteroatoms. The van der Waals surface area contributed by atoms with Gasteiger partial charge in [0.15, 0.2) is 0 Å². The van der Waals surface area contributed by atoms with Crippen LogP contribution in [0.1, 0.15) is 0 Å². The van der Waals surface area contributed by atoms with E-state index in [1.165, 1.54) is 12.3 Å². The molecule has 18 heavy (non-hydrogen) atoms. The van der Waals surface area contributed by atoms with Gasteiger partial charge in [-0.2, -0.15) is 4.39 Å². The summed E-state index contributed by atoms with van der Waals surface area (Å²) in [6.07, 6.45) is 1.47. The number of halogens is 3. The molecule has 0 aliphatic rings. The first-order chi connectivity index (χ1) is 8.70. The second kappa shape index (κ2) is 6.03. The molecule has 0 radical (unpaired) electrons. The number of rotatable bonds is 4. The maximum atomic E-state index is 12.8. The van der Waals surface area contributed by atoms with Gasteiger partial charge < -0.3 is 4.90 Å². The summed E-state index contributed by atoms with van der Waals surface area (Å²) in [5.74, 6) is -0.0557. The number of nitrogens with zero attached hydrogens (tertiary/aromatic N) is 2. The van der Waals surface area contributed by atoms with E-state index in [1.807, 2.05) is 23.1 Å². The molecule has 1 aromatic heterocycles. The number of alkyl halides is 1. The third-order valence-electron chi connectivity index (χ3n) is 2.45. The lowest BCUT2D eigenvalue weighted by molar-refractivity contribution is 0.583. The molecule has 1 aromatic carbocycles. The van der Waals surface area contributed by atoms with Gasteiger partial charge in [-0.15, -0.1) is 11.6 Å². The van der Waals surface area contributed by atoms with Gasteiger partial charge in [0.25, 0.3) is 0 Å². The fourth-order valence-electron chi connectivity index (χ4n) is 1.66. The molecule has 94 valence electrons. The molecule has 0 bridgehead atoms. The van der Waals surface area contributed by atoms with E-state index >= 15 is 0 Å². The van der Waals surface area contributed by atoms with E-state index in [-0.39, 0.29) is 0 Å². The van der Waals surface area contributed by atoms with Crippen LogP contribution >= 0.6 is 23.2 Å². The van der Waals surface area contributed by atoms with Crippen molar-refractivity contribution in [3.8, 4) is 0 Å². The Balaban J connectivity index is 2.36. The lowest BCUT2D eigenvalue weighted by Crippen LogP contribution is -2.19. The average molecular weight is 285 g/mol. The quantitative estimate of drug-likeness (QED) is 0.616. The van der Waals surface area contributed by atoms with Gasteiger partial charge in [0.05, 0.1) is 11.9 Å². The highest BCUT2D eigenvalue weighted by atomic mass is 35.5. The first-order valence-electron chi connectivity index (χ1n) is 5.41. The summed E-state index contributed by atoms with van der Waals surface area (Å²) >= 11 is 11.8. The monoisotopic (exact) mass is 284 g/mol. The number of pyridine rings is 1. The summed E-state index contributed by atoms with van der Waals surface area (Å²) in [5.41, 5.74) is 1.68. The van der Waals surface area contributed by atoms with Crippen LogP contribution in [0.15, 0.2) is 42.6 Å². The summed E-state index contributed by atoms with van der Waals surface area (Å²) in [6, 6.07) is 10.4. The maximum absolute atomic E-state index is 12.8. The van der Waals surface area contributed by atoms with E-state index in [0.29, 0.717) is 17.4 Å². The topological polar surface area (TPSA) is 16.1 Å². The van der Waals surface area contributed by atoms with Crippen molar-refractivity contribution in [3.63, 3.8) is 0 Å². The van der Waals surface area contributed by atoms with Crippen molar-refractivity contribution in [1.29, 1.82) is 0 Å². The van der Waals surface area contributed by atoms with Gasteiger partial charge in [-0.05, 0) is 30.3 Å². The smallest absolute Gasteiger partial charge is 0.212 e. The number of anilines is 2. The Kier molecular flexibility index (Phi) is 4.39. The van der Waals surface area contributed by atoms with Gasteiger partial charge in [0, 0.05) is 23.1 Å². The molecule has 0 aliphatic heterocycles. The van der Waals surface area contributed by atoms with Crippen LogP contribution in [0.3, 0.4) is 0 Å². The first kappa shape index (κ1) is 13.1. The molecule has 0 saturated carbocycles. The Morgan fingerprint density at radius 2 is 2.00 bits per heavy atom. The van der Waals surface area contributed by atoms with Crippen LogP contribution < -0.4 is 4.90 Å². The molecule has 0 spiro atoms. The lowest BCUT2D eigenvalue weighted by atomic mass is 10.2. The van der Waals surface area contributed by atoms with Crippen molar-refractivity contribution >= 4 is 34.6 Å². The minimum absolute atomic E-state index is 0.448. The molecule has 0 fully saturated rings. The second-order valence-corrected chi connectivity index (χ2v) is 4.47. The molecule has 2 nitrogen and oxygen atoms in total. The van der Waals surface area contributed by atoms with Gasteiger partial charge >= 0.3 is 0 Å². The molecule has 0 N–H and O–H groups in total. The SMILES string of the molecule is Fc1ccc(N(CCCl)c2cccc(Cl)c2)cn1. The minimum atomic E-state index is -0.504. The molecule has 0 saturated heterocycles. The van der Waals surface area contributed by atoms with Crippen LogP contribution in [0.5, 0.6) is 0 Å². The Labute approximate surface area is 115 Å². The average Bonchev–Trinajstić information content (AvgIpc) is 2.37. The number of aromatic nitrogens is 1. The van der Waals surface area contributed by atoms with E-state index < -0.39 is 5.95 Å².